The first-order valence-corrected chi connectivity index (χ1v) is 5.64. The van der Waals surface area contributed by atoms with Crippen molar-refractivity contribution in [3.05, 3.63) is 27.7 Å². The van der Waals surface area contributed by atoms with E-state index in [-0.39, 0.29) is 28.0 Å². The average Bonchev–Trinajstić information content (AvgIpc) is 2.31. The lowest BCUT2D eigenvalue weighted by molar-refractivity contribution is -0.153. The van der Waals surface area contributed by atoms with E-state index in [2.05, 4.69) is 0 Å². The first kappa shape index (κ1) is 14.1. The zero-order chi connectivity index (χ0) is 13.0. The lowest BCUT2D eigenvalue weighted by atomic mass is 10.1. The minimum absolute atomic E-state index is 0.180. The summed E-state index contributed by atoms with van der Waals surface area (Å²) < 4.78 is 9.73. The van der Waals surface area contributed by atoms with Crippen LogP contribution in [-0.2, 0) is 9.53 Å². The van der Waals surface area contributed by atoms with Crippen molar-refractivity contribution in [2.45, 2.75) is 13.0 Å². The molecule has 0 aliphatic carbocycles. The van der Waals surface area contributed by atoms with E-state index < -0.39 is 12.1 Å². The van der Waals surface area contributed by atoms with Crippen LogP contribution in [0.25, 0.3) is 0 Å². The van der Waals surface area contributed by atoms with Gasteiger partial charge in [-0.25, -0.2) is 4.79 Å². The second kappa shape index (κ2) is 6.10. The van der Waals surface area contributed by atoms with Gasteiger partial charge in [-0.1, -0.05) is 23.2 Å². The Hall–Kier alpha value is -0.970. The molecule has 0 saturated carbocycles. The Morgan fingerprint density at radius 1 is 1.41 bits per heavy atom. The smallest absolute Gasteiger partial charge is 0.339 e. The fourth-order valence-electron chi connectivity index (χ4n) is 1.28. The maximum atomic E-state index is 11.4. The van der Waals surface area contributed by atoms with E-state index in [9.17, 15) is 9.90 Å². The zero-order valence-electron chi connectivity index (χ0n) is 9.37. The Kier molecular flexibility index (Phi) is 5.05. The molecule has 0 bridgehead atoms. The number of carbonyl (C=O) groups excluding carboxylic acids is 1. The van der Waals surface area contributed by atoms with Crippen LogP contribution in [0.5, 0.6) is 5.75 Å². The van der Waals surface area contributed by atoms with E-state index in [4.69, 9.17) is 32.7 Å². The van der Waals surface area contributed by atoms with Crippen molar-refractivity contribution in [3.63, 3.8) is 0 Å². The average molecular weight is 279 g/mol. The summed E-state index contributed by atoms with van der Waals surface area (Å²) in [5.41, 5.74) is 0.223. The van der Waals surface area contributed by atoms with Crippen molar-refractivity contribution in [1.82, 2.24) is 0 Å². The van der Waals surface area contributed by atoms with Crippen LogP contribution in [-0.4, -0.2) is 24.8 Å². The monoisotopic (exact) mass is 278 g/mol. The molecule has 17 heavy (non-hydrogen) atoms. The van der Waals surface area contributed by atoms with Gasteiger partial charge in [0, 0.05) is 11.6 Å². The van der Waals surface area contributed by atoms with Crippen molar-refractivity contribution < 1.29 is 19.4 Å². The number of benzene rings is 1. The number of rotatable bonds is 4. The molecule has 4 nitrogen and oxygen atoms in total. The molecule has 1 atom stereocenters. The molecule has 0 aliphatic heterocycles. The number of aliphatic hydroxyl groups excluding tert-OH is 1. The molecule has 1 aromatic rings. The molecule has 0 fully saturated rings. The van der Waals surface area contributed by atoms with Gasteiger partial charge in [0.2, 0.25) is 0 Å². The fraction of sp³-hybridized carbons (Fsp3) is 0.364. The topological polar surface area (TPSA) is 55.8 Å². The van der Waals surface area contributed by atoms with E-state index in [1.807, 2.05) is 0 Å². The third-order valence-electron chi connectivity index (χ3n) is 2.08. The maximum absolute atomic E-state index is 11.4. The van der Waals surface area contributed by atoms with Gasteiger partial charge in [0.05, 0.1) is 23.8 Å². The van der Waals surface area contributed by atoms with Crippen molar-refractivity contribution in [3.8, 4) is 5.75 Å². The molecule has 1 rings (SSSR count). The first-order chi connectivity index (χ1) is 8.01. The van der Waals surface area contributed by atoms with Crippen LogP contribution in [0.15, 0.2) is 12.1 Å². The van der Waals surface area contributed by atoms with E-state index >= 15 is 0 Å². The van der Waals surface area contributed by atoms with E-state index in [0.717, 1.165) is 0 Å². The molecular weight excluding hydrogens is 267 g/mol. The van der Waals surface area contributed by atoms with Crippen LogP contribution in [0.3, 0.4) is 0 Å². The van der Waals surface area contributed by atoms with Crippen LogP contribution in [0.1, 0.15) is 18.6 Å². The summed E-state index contributed by atoms with van der Waals surface area (Å²) in [5, 5.41) is 10.3. The van der Waals surface area contributed by atoms with Crippen LogP contribution in [0.4, 0.5) is 0 Å². The number of hydrogen-bond donors (Lipinski definition) is 1. The molecule has 1 unspecified atom stereocenters. The summed E-state index contributed by atoms with van der Waals surface area (Å²) in [6.45, 7) is 1.83. The van der Waals surface area contributed by atoms with Crippen LogP contribution >= 0.6 is 23.2 Å². The summed E-state index contributed by atoms with van der Waals surface area (Å²) >= 11 is 11.6. The Labute approximate surface area is 109 Å². The zero-order valence-corrected chi connectivity index (χ0v) is 10.9. The standard InChI is InChI=1S/C11H12Cl2O4/c1-3-17-11(15)10(14)6-4-7(12)8(13)5-9(6)16-2/h4-5,10,14H,3H2,1-2H3. The molecule has 6 heteroatoms. The highest BCUT2D eigenvalue weighted by Gasteiger charge is 2.23. The van der Waals surface area contributed by atoms with Gasteiger partial charge in [-0.05, 0) is 13.0 Å². The molecule has 0 spiro atoms. The highest BCUT2D eigenvalue weighted by molar-refractivity contribution is 6.42. The SMILES string of the molecule is CCOC(=O)C(O)c1cc(Cl)c(Cl)cc1OC. The summed E-state index contributed by atoms with van der Waals surface area (Å²) in [6, 6.07) is 2.81. The molecular formula is C11H12Cl2O4. The number of methoxy groups -OCH3 is 1. The predicted molar refractivity (Wildman–Crippen MR) is 64.6 cm³/mol. The molecule has 0 amide bonds. The molecule has 1 aromatic carbocycles. The third kappa shape index (κ3) is 3.25. The first-order valence-electron chi connectivity index (χ1n) is 4.88. The lowest BCUT2D eigenvalue weighted by Crippen LogP contribution is -2.16. The quantitative estimate of drug-likeness (QED) is 0.861. The van der Waals surface area contributed by atoms with Gasteiger partial charge < -0.3 is 14.6 Å². The molecule has 0 aliphatic rings. The largest absolute Gasteiger partial charge is 0.496 e. The number of hydrogen-bond acceptors (Lipinski definition) is 4. The van der Waals surface area contributed by atoms with E-state index in [1.54, 1.807) is 6.92 Å². The van der Waals surface area contributed by atoms with Gasteiger partial charge in [0.25, 0.3) is 0 Å². The molecule has 1 N–H and O–H groups in total. The lowest BCUT2D eigenvalue weighted by Gasteiger charge is -2.14. The molecule has 94 valence electrons. The Bertz CT molecular complexity index is 420. The molecule has 0 aromatic heterocycles. The summed E-state index contributed by atoms with van der Waals surface area (Å²) in [4.78, 5) is 11.4. The molecule has 0 heterocycles. The van der Waals surface area contributed by atoms with Crippen LogP contribution in [0.2, 0.25) is 10.0 Å². The number of aliphatic hydroxyl groups is 1. The van der Waals surface area contributed by atoms with E-state index in [1.165, 1.54) is 19.2 Å². The number of carbonyl (C=O) groups is 1. The van der Waals surface area contributed by atoms with Crippen LogP contribution in [0, 0.1) is 0 Å². The van der Waals surface area contributed by atoms with Gasteiger partial charge >= 0.3 is 5.97 Å². The maximum Gasteiger partial charge on any atom is 0.339 e. The number of ether oxygens (including phenoxy) is 2. The highest BCUT2D eigenvalue weighted by Crippen LogP contribution is 2.34. The van der Waals surface area contributed by atoms with Gasteiger partial charge in [0.15, 0.2) is 6.10 Å². The van der Waals surface area contributed by atoms with E-state index in [0.29, 0.717) is 0 Å². The van der Waals surface area contributed by atoms with Crippen molar-refractivity contribution in [1.29, 1.82) is 0 Å². The Morgan fingerprint density at radius 2 is 2.00 bits per heavy atom. The minimum Gasteiger partial charge on any atom is -0.496 e. The molecule has 0 radical (unpaired) electrons. The summed E-state index contributed by atoms with van der Waals surface area (Å²) in [5.74, 6) is -0.482. The molecule has 0 saturated heterocycles. The second-order valence-electron chi connectivity index (χ2n) is 3.16. The second-order valence-corrected chi connectivity index (χ2v) is 3.98. The van der Waals surface area contributed by atoms with Gasteiger partial charge in [0.1, 0.15) is 5.75 Å². The Balaban J connectivity index is 3.11. The summed E-state index contributed by atoms with van der Waals surface area (Å²) in [6.07, 6.45) is -1.44. The number of halogens is 2. The van der Waals surface area contributed by atoms with Crippen LogP contribution < -0.4 is 4.74 Å². The Morgan fingerprint density at radius 3 is 2.53 bits per heavy atom. The highest BCUT2D eigenvalue weighted by atomic mass is 35.5. The van der Waals surface area contributed by atoms with Crippen molar-refractivity contribution in [2.75, 3.05) is 13.7 Å². The predicted octanol–water partition coefficient (Wildman–Crippen LogP) is 2.60. The minimum atomic E-state index is -1.44. The summed E-state index contributed by atoms with van der Waals surface area (Å²) in [7, 11) is 1.40. The third-order valence-corrected chi connectivity index (χ3v) is 2.80. The van der Waals surface area contributed by atoms with Gasteiger partial charge in [-0.15, -0.1) is 0 Å². The normalized spacial score (nSPS) is 12.1. The van der Waals surface area contributed by atoms with Crippen molar-refractivity contribution >= 4 is 29.2 Å². The van der Waals surface area contributed by atoms with Gasteiger partial charge in [-0.2, -0.15) is 0 Å². The number of esters is 1. The fourth-order valence-corrected chi connectivity index (χ4v) is 1.61. The van der Waals surface area contributed by atoms with Gasteiger partial charge in [-0.3, -0.25) is 0 Å². The van der Waals surface area contributed by atoms with Crippen molar-refractivity contribution in [2.24, 2.45) is 0 Å².